The first-order valence-electron chi connectivity index (χ1n) is 10.2. The van der Waals surface area contributed by atoms with Gasteiger partial charge in [0, 0.05) is 36.9 Å². The third-order valence-corrected chi connectivity index (χ3v) is 4.37. The summed E-state index contributed by atoms with van der Waals surface area (Å²) in [5, 5.41) is 17.8. The Labute approximate surface area is 236 Å². The molecule has 4 heterocycles. The number of aromatic carboxylic acids is 2. The summed E-state index contributed by atoms with van der Waals surface area (Å²) >= 11 is -0.346. The van der Waals surface area contributed by atoms with Gasteiger partial charge < -0.3 is 19.7 Å². The molecule has 2 N–H and O–H groups in total. The zero-order chi connectivity index (χ0) is 28.6. The quantitative estimate of drug-likeness (QED) is 0.204. The number of carboxylic acids is 2. The van der Waals surface area contributed by atoms with Gasteiger partial charge in [-0.3, -0.25) is 29.5 Å². The summed E-state index contributed by atoms with van der Waals surface area (Å²) in [6.07, 6.45) is 5.66. The molecule has 0 unspecified atom stereocenters. The van der Waals surface area contributed by atoms with Gasteiger partial charge in [0.25, 0.3) is 12.9 Å². The Morgan fingerprint density at radius 1 is 0.641 bits per heavy atom. The molecule has 15 heteroatoms. The second kappa shape index (κ2) is 16.5. The molecule has 0 fully saturated rings. The first kappa shape index (κ1) is 30.9. The van der Waals surface area contributed by atoms with Crippen LogP contribution in [0.1, 0.15) is 20.7 Å². The molecule has 0 aliphatic rings. The molecule has 0 aliphatic carbocycles. The fraction of sp³-hybridized carbons (Fsp3) is 0. The molecule has 4 rings (SSSR count). The van der Waals surface area contributed by atoms with Crippen LogP contribution in [-0.2, 0) is 24.7 Å². The molecule has 12 nitrogen and oxygen atoms in total. The summed E-state index contributed by atoms with van der Waals surface area (Å²) in [7, 11) is 9.71. The van der Waals surface area contributed by atoms with Crippen LogP contribution in [-0.4, -0.2) is 55.0 Å². The van der Waals surface area contributed by atoms with Crippen molar-refractivity contribution in [2.45, 2.75) is 0 Å². The van der Waals surface area contributed by atoms with E-state index < -0.39 is 11.9 Å². The molecule has 4 aromatic rings. The second-order valence-corrected chi connectivity index (χ2v) is 9.34. The summed E-state index contributed by atoms with van der Waals surface area (Å²) in [4.78, 5) is 58.3. The summed E-state index contributed by atoms with van der Waals surface area (Å²) in [6, 6.07) is 11.6. The van der Waals surface area contributed by atoms with Crippen LogP contribution in [0.5, 0.6) is 11.5 Å². The number of halogens is 2. The number of carbonyl (C=O) groups excluding carboxylic acids is 2. The molecule has 202 valence electrons. The Morgan fingerprint density at radius 3 is 1.26 bits per heavy atom. The summed E-state index contributed by atoms with van der Waals surface area (Å²) in [6.45, 7) is 0.612. The van der Waals surface area contributed by atoms with Gasteiger partial charge in [-0.2, -0.15) is 0 Å². The van der Waals surface area contributed by atoms with Crippen molar-refractivity contribution in [2.24, 2.45) is 0 Å². The van der Waals surface area contributed by atoms with E-state index in [1.165, 1.54) is 73.3 Å². The molecule has 0 saturated carbocycles. The van der Waals surface area contributed by atoms with Crippen molar-refractivity contribution in [3.63, 3.8) is 0 Å². The fourth-order valence-electron chi connectivity index (χ4n) is 2.77. The molecule has 0 aliphatic heterocycles. The number of carboxylic acid groups (broad SMARTS) is 2. The number of pyridine rings is 4. The van der Waals surface area contributed by atoms with Gasteiger partial charge >= 0.3 is 46.5 Å². The Hall–Kier alpha value is -4.32. The zero-order valence-corrected chi connectivity index (χ0v) is 22.6. The normalized spacial score (nSPS) is 9.59. The number of nitrogens with zero attached hydrogens (tertiary/aromatic N) is 4. The van der Waals surface area contributed by atoms with Gasteiger partial charge in [-0.05, 0) is 36.4 Å². The van der Waals surface area contributed by atoms with Crippen LogP contribution >= 0.6 is 19.4 Å². The third kappa shape index (κ3) is 10.2. The minimum absolute atomic E-state index is 0.114. The predicted molar refractivity (Wildman–Crippen MR) is 134 cm³/mol. The average Bonchev–Trinajstić information content (AvgIpc) is 2.95. The average molecular weight is 660 g/mol. The number of hydrogen-bond donors (Lipinski definition) is 2. The number of ether oxygens (including phenoxy) is 2. The van der Waals surface area contributed by atoms with Gasteiger partial charge in [-0.15, -0.1) is 0 Å². The molecule has 0 amide bonds. The van der Waals surface area contributed by atoms with Gasteiger partial charge in [0.2, 0.25) is 0 Å². The van der Waals surface area contributed by atoms with Crippen LogP contribution in [0.25, 0.3) is 22.8 Å². The predicted octanol–water partition coefficient (Wildman–Crippen LogP) is 4.13. The van der Waals surface area contributed by atoms with E-state index in [0.29, 0.717) is 47.2 Å². The number of aromatic nitrogens is 4. The van der Waals surface area contributed by atoms with Crippen LogP contribution in [0, 0.1) is 0 Å². The van der Waals surface area contributed by atoms with Crippen LogP contribution in [0.4, 0.5) is 0 Å². The van der Waals surface area contributed by atoms with Crippen LogP contribution in [0.15, 0.2) is 73.3 Å². The SMILES string of the molecule is O=COc1ccnc(-c2cc(C(=O)O)ccn2)c1.O=COc1ccnc(-c2cc(C(=O)O)ccn2)c1.[Cl][Ru][Cl]. The number of hydrogen-bond acceptors (Lipinski definition) is 10. The van der Waals surface area contributed by atoms with Crippen molar-refractivity contribution in [3.05, 3.63) is 84.4 Å². The Morgan fingerprint density at radius 2 is 0.949 bits per heavy atom. The molecule has 0 radical (unpaired) electrons. The molecule has 0 aromatic carbocycles. The van der Waals surface area contributed by atoms with Crippen LogP contribution in [0.2, 0.25) is 0 Å². The van der Waals surface area contributed by atoms with Gasteiger partial charge in [0.1, 0.15) is 11.5 Å². The first-order valence-corrected chi connectivity index (χ1v) is 14.7. The maximum atomic E-state index is 10.8. The van der Waals surface area contributed by atoms with E-state index in [0.717, 1.165) is 0 Å². The monoisotopic (exact) mass is 660 g/mol. The van der Waals surface area contributed by atoms with Crippen molar-refractivity contribution in [1.29, 1.82) is 0 Å². The first-order chi connectivity index (χ1) is 18.8. The van der Waals surface area contributed by atoms with E-state index in [4.69, 9.17) is 29.6 Å². The zero-order valence-electron chi connectivity index (χ0n) is 19.3. The summed E-state index contributed by atoms with van der Waals surface area (Å²) in [5.74, 6) is -1.45. The van der Waals surface area contributed by atoms with E-state index >= 15 is 0 Å². The second-order valence-electron chi connectivity index (χ2n) is 6.70. The Balaban J connectivity index is 0.000000249. The number of rotatable bonds is 8. The van der Waals surface area contributed by atoms with Gasteiger partial charge in [0.05, 0.1) is 33.9 Å². The molecular formula is C24H16Cl2N4O8Ru. The molecule has 0 atom stereocenters. The molecule has 39 heavy (non-hydrogen) atoms. The van der Waals surface area contributed by atoms with Crippen LogP contribution in [0.3, 0.4) is 0 Å². The van der Waals surface area contributed by atoms with Crippen molar-refractivity contribution in [1.82, 2.24) is 19.9 Å². The molecule has 0 saturated heterocycles. The number of carbonyl (C=O) groups is 4. The molecular weight excluding hydrogens is 644 g/mol. The Kier molecular flexibility index (Phi) is 13.1. The minimum atomic E-state index is -1.04. The third-order valence-electron chi connectivity index (χ3n) is 4.37. The topological polar surface area (TPSA) is 179 Å². The van der Waals surface area contributed by atoms with Crippen molar-refractivity contribution >= 4 is 44.3 Å². The summed E-state index contributed by atoms with van der Waals surface area (Å²) < 4.78 is 9.36. The molecule has 4 aromatic heterocycles. The van der Waals surface area contributed by atoms with Gasteiger partial charge in [0.15, 0.2) is 0 Å². The van der Waals surface area contributed by atoms with E-state index in [-0.39, 0.29) is 26.3 Å². The van der Waals surface area contributed by atoms with E-state index in [9.17, 15) is 19.2 Å². The van der Waals surface area contributed by atoms with Gasteiger partial charge in [-0.25, -0.2) is 9.59 Å². The Bertz CT molecular complexity index is 1340. The van der Waals surface area contributed by atoms with Crippen molar-refractivity contribution < 1.29 is 54.0 Å². The van der Waals surface area contributed by atoms with E-state index in [2.05, 4.69) is 29.4 Å². The van der Waals surface area contributed by atoms with E-state index in [1.54, 1.807) is 0 Å². The fourth-order valence-corrected chi connectivity index (χ4v) is 2.77. The van der Waals surface area contributed by atoms with Gasteiger partial charge in [-0.1, -0.05) is 0 Å². The van der Waals surface area contributed by atoms with Crippen molar-refractivity contribution in [3.8, 4) is 34.3 Å². The maximum absolute atomic E-state index is 10.8. The standard InChI is InChI=1S/2C12H8N2O4.2ClH.Ru/c2*15-7-18-9-2-4-14-11(6-9)10-5-8(12(16)17)1-3-13-10;;;/h2*1-7H,(H,16,17);2*1H;/q;;;;+2/p-2. The van der Waals surface area contributed by atoms with E-state index in [1.807, 2.05) is 0 Å². The van der Waals surface area contributed by atoms with Crippen molar-refractivity contribution in [2.75, 3.05) is 0 Å². The summed E-state index contributed by atoms with van der Waals surface area (Å²) in [5.41, 5.74) is 1.87. The molecule has 0 bridgehead atoms. The molecule has 0 spiro atoms. The van der Waals surface area contributed by atoms with Crippen LogP contribution < -0.4 is 9.47 Å².